The van der Waals surface area contributed by atoms with Crippen molar-refractivity contribution in [1.82, 2.24) is 5.32 Å². The molecule has 0 spiro atoms. The summed E-state index contributed by atoms with van der Waals surface area (Å²) < 4.78 is 10.1. The second kappa shape index (κ2) is 9.44. The molecular formula is C11H25NO2. The molecule has 0 aromatic carbocycles. The number of rotatable bonds is 9. The summed E-state index contributed by atoms with van der Waals surface area (Å²) >= 11 is 0. The minimum absolute atomic E-state index is 0.584. The maximum atomic E-state index is 5.08. The van der Waals surface area contributed by atoms with E-state index in [9.17, 15) is 0 Å². The Kier molecular flexibility index (Phi) is 9.35. The molecule has 0 radical (unpaired) electrons. The Morgan fingerprint density at radius 3 is 2.21 bits per heavy atom. The first-order chi connectivity index (χ1) is 6.76. The van der Waals surface area contributed by atoms with E-state index in [-0.39, 0.29) is 0 Å². The van der Waals surface area contributed by atoms with Crippen LogP contribution in [0.3, 0.4) is 0 Å². The zero-order valence-corrected chi connectivity index (χ0v) is 10.0. The van der Waals surface area contributed by atoms with Crippen LogP contribution in [0.1, 0.15) is 26.2 Å². The highest BCUT2D eigenvalue weighted by Crippen LogP contribution is 2.12. The summed E-state index contributed by atoms with van der Waals surface area (Å²) in [4.78, 5) is 0. The lowest BCUT2D eigenvalue weighted by Crippen LogP contribution is -2.32. The van der Waals surface area contributed by atoms with Crippen LogP contribution in [0, 0.1) is 5.92 Å². The first kappa shape index (κ1) is 13.9. The van der Waals surface area contributed by atoms with Crippen molar-refractivity contribution in [1.29, 1.82) is 0 Å². The van der Waals surface area contributed by atoms with E-state index < -0.39 is 0 Å². The molecule has 14 heavy (non-hydrogen) atoms. The van der Waals surface area contributed by atoms with E-state index in [4.69, 9.17) is 9.47 Å². The van der Waals surface area contributed by atoms with E-state index in [1.807, 2.05) is 7.05 Å². The molecule has 0 saturated heterocycles. The minimum Gasteiger partial charge on any atom is -0.385 e. The van der Waals surface area contributed by atoms with Gasteiger partial charge in [-0.25, -0.2) is 0 Å². The van der Waals surface area contributed by atoms with Crippen molar-refractivity contribution in [3.63, 3.8) is 0 Å². The van der Waals surface area contributed by atoms with Gasteiger partial charge in [-0.2, -0.15) is 0 Å². The van der Waals surface area contributed by atoms with Gasteiger partial charge in [0.05, 0.1) is 0 Å². The quantitative estimate of drug-likeness (QED) is 0.578. The highest BCUT2D eigenvalue weighted by atomic mass is 16.5. The fourth-order valence-corrected chi connectivity index (χ4v) is 1.67. The Labute approximate surface area is 88.2 Å². The highest BCUT2D eigenvalue weighted by Gasteiger charge is 2.14. The SMILES string of the molecule is CNC(CCCOC)C(C)CCOC. The summed E-state index contributed by atoms with van der Waals surface area (Å²) in [6, 6.07) is 0.584. The molecular weight excluding hydrogens is 178 g/mol. The molecule has 0 aromatic rings. The van der Waals surface area contributed by atoms with Crippen LogP contribution in [-0.2, 0) is 9.47 Å². The van der Waals surface area contributed by atoms with Gasteiger partial charge in [-0.3, -0.25) is 0 Å². The third kappa shape index (κ3) is 6.35. The van der Waals surface area contributed by atoms with Crippen molar-refractivity contribution in [2.45, 2.75) is 32.2 Å². The summed E-state index contributed by atoms with van der Waals surface area (Å²) in [5, 5.41) is 3.36. The Morgan fingerprint density at radius 1 is 1.07 bits per heavy atom. The molecule has 86 valence electrons. The van der Waals surface area contributed by atoms with Crippen LogP contribution in [0.2, 0.25) is 0 Å². The van der Waals surface area contributed by atoms with Gasteiger partial charge in [-0.05, 0) is 32.2 Å². The Bertz CT molecular complexity index is 120. The van der Waals surface area contributed by atoms with E-state index in [1.54, 1.807) is 14.2 Å². The first-order valence-electron chi connectivity index (χ1n) is 5.41. The van der Waals surface area contributed by atoms with Crippen LogP contribution in [0.4, 0.5) is 0 Å². The summed E-state index contributed by atoms with van der Waals surface area (Å²) in [6.07, 6.45) is 3.42. The molecule has 0 fully saturated rings. The monoisotopic (exact) mass is 203 g/mol. The van der Waals surface area contributed by atoms with Crippen molar-refractivity contribution in [3.8, 4) is 0 Å². The van der Waals surface area contributed by atoms with Crippen molar-refractivity contribution < 1.29 is 9.47 Å². The molecule has 0 rings (SSSR count). The molecule has 1 N–H and O–H groups in total. The van der Waals surface area contributed by atoms with E-state index in [0.29, 0.717) is 12.0 Å². The lowest BCUT2D eigenvalue weighted by Gasteiger charge is -2.23. The number of ether oxygens (including phenoxy) is 2. The summed E-state index contributed by atoms with van der Waals surface area (Å²) in [6.45, 7) is 3.98. The van der Waals surface area contributed by atoms with Crippen molar-refractivity contribution in [2.24, 2.45) is 5.92 Å². The number of hydrogen-bond acceptors (Lipinski definition) is 3. The van der Waals surface area contributed by atoms with Gasteiger partial charge in [0.2, 0.25) is 0 Å². The van der Waals surface area contributed by atoms with Crippen molar-refractivity contribution >= 4 is 0 Å². The van der Waals surface area contributed by atoms with Crippen LogP contribution in [0.5, 0.6) is 0 Å². The van der Waals surface area contributed by atoms with E-state index >= 15 is 0 Å². The van der Waals surface area contributed by atoms with Gasteiger partial charge in [0.25, 0.3) is 0 Å². The van der Waals surface area contributed by atoms with E-state index in [0.717, 1.165) is 26.1 Å². The average Bonchev–Trinajstić information content (AvgIpc) is 2.21. The summed E-state index contributed by atoms with van der Waals surface area (Å²) in [5.41, 5.74) is 0. The number of hydrogen-bond donors (Lipinski definition) is 1. The van der Waals surface area contributed by atoms with Gasteiger partial charge in [0.15, 0.2) is 0 Å². The van der Waals surface area contributed by atoms with Gasteiger partial charge in [-0.15, -0.1) is 0 Å². The molecule has 0 aliphatic heterocycles. The molecule has 0 bridgehead atoms. The van der Waals surface area contributed by atoms with Crippen LogP contribution >= 0.6 is 0 Å². The van der Waals surface area contributed by atoms with Gasteiger partial charge >= 0.3 is 0 Å². The molecule has 0 heterocycles. The Morgan fingerprint density at radius 2 is 1.71 bits per heavy atom. The van der Waals surface area contributed by atoms with Crippen LogP contribution in [0.25, 0.3) is 0 Å². The average molecular weight is 203 g/mol. The van der Waals surface area contributed by atoms with Crippen LogP contribution < -0.4 is 5.32 Å². The van der Waals surface area contributed by atoms with Gasteiger partial charge in [0.1, 0.15) is 0 Å². The Balaban J connectivity index is 3.62. The molecule has 0 aromatic heterocycles. The van der Waals surface area contributed by atoms with Gasteiger partial charge < -0.3 is 14.8 Å². The fourth-order valence-electron chi connectivity index (χ4n) is 1.67. The predicted octanol–water partition coefficient (Wildman–Crippen LogP) is 1.67. The second-order valence-electron chi connectivity index (χ2n) is 3.79. The largest absolute Gasteiger partial charge is 0.385 e. The third-order valence-electron chi connectivity index (χ3n) is 2.70. The predicted molar refractivity (Wildman–Crippen MR) is 59.6 cm³/mol. The zero-order chi connectivity index (χ0) is 10.8. The minimum atomic E-state index is 0.584. The smallest absolute Gasteiger partial charge is 0.0465 e. The topological polar surface area (TPSA) is 30.5 Å². The highest BCUT2D eigenvalue weighted by molar-refractivity contribution is 4.71. The first-order valence-corrected chi connectivity index (χ1v) is 5.41. The fraction of sp³-hybridized carbons (Fsp3) is 1.00. The lowest BCUT2D eigenvalue weighted by atomic mass is 9.95. The number of nitrogens with one attached hydrogen (secondary N) is 1. The Hall–Kier alpha value is -0.120. The standard InChI is InChI=1S/C11H25NO2/c1-10(7-9-14-4)11(12-2)6-5-8-13-3/h10-12H,5-9H2,1-4H3. The van der Waals surface area contributed by atoms with Gasteiger partial charge in [0, 0.05) is 33.5 Å². The van der Waals surface area contributed by atoms with Crippen LogP contribution in [-0.4, -0.2) is 40.5 Å². The summed E-state index contributed by atoms with van der Waals surface area (Å²) in [7, 11) is 5.54. The lowest BCUT2D eigenvalue weighted by molar-refractivity contribution is 0.161. The molecule has 0 amide bonds. The maximum absolute atomic E-state index is 5.08. The maximum Gasteiger partial charge on any atom is 0.0465 e. The molecule has 0 saturated carbocycles. The zero-order valence-electron chi connectivity index (χ0n) is 10.0. The molecule has 0 aliphatic rings. The number of methoxy groups -OCH3 is 2. The normalized spacial score (nSPS) is 15.4. The molecule has 3 nitrogen and oxygen atoms in total. The molecule has 0 aliphatic carbocycles. The molecule has 3 heteroatoms. The van der Waals surface area contributed by atoms with Gasteiger partial charge in [-0.1, -0.05) is 6.92 Å². The third-order valence-corrected chi connectivity index (χ3v) is 2.70. The van der Waals surface area contributed by atoms with Crippen molar-refractivity contribution in [3.05, 3.63) is 0 Å². The second-order valence-corrected chi connectivity index (χ2v) is 3.79. The van der Waals surface area contributed by atoms with Crippen LogP contribution in [0.15, 0.2) is 0 Å². The van der Waals surface area contributed by atoms with E-state index in [2.05, 4.69) is 12.2 Å². The summed E-state index contributed by atoms with van der Waals surface area (Å²) in [5.74, 6) is 0.664. The van der Waals surface area contributed by atoms with Crippen molar-refractivity contribution in [2.75, 3.05) is 34.5 Å². The molecule has 2 unspecified atom stereocenters. The molecule has 2 atom stereocenters. The van der Waals surface area contributed by atoms with E-state index in [1.165, 1.54) is 6.42 Å².